The summed E-state index contributed by atoms with van der Waals surface area (Å²) in [6.45, 7) is -0.551. The maximum atomic E-state index is 14.7. The van der Waals surface area contributed by atoms with Crippen LogP contribution in [0, 0.1) is 5.82 Å². The maximum absolute atomic E-state index is 14.7. The predicted octanol–water partition coefficient (Wildman–Crippen LogP) is 5.00. The highest BCUT2D eigenvalue weighted by Gasteiger charge is 2.36. The van der Waals surface area contributed by atoms with Gasteiger partial charge < -0.3 is 15.5 Å². The Labute approximate surface area is 244 Å². The molecular weight excluding hydrogens is 570 g/mol. The molecule has 3 aromatic carbocycles. The van der Waals surface area contributed by atoms with Gasteiger partial charge in [0.25, 0.3) is 5.91 Å². The van der Waals surface area contributed by atoms with E-state index >= 15 is 0 Å². The van der Waals surface area contributed by atoms with E-state index in [9.17, 15) is 37.1 Å². The van der Waals surface area contributed by atoms with Crippen LogP contribution in [0.25, 0.3) is 5.57 Å². The largest absolute Gasteiger partial charge is 0.479 e. The van der Waals surface area contributed by atoms with Crippen LogP contribution in [0.1, 0.15) is 52.7 Å². The van der Waals surface area contributed by atoms with Crippen molar-refractivity contribution < 1.29 is 47.5 Å². The summed E-state index contributed by atoms with van der Waals surface area (Å²) >= 11 is 0. The molecule has 226 valence electrons. The maximum Gasteiger partial charge on any atom is 0.425 e. The number of nitrogens with one attached hydrogen (secondary N) is 1. The Morgan fingerprint density at radius 3 is 2.28 bits per heavy atom. The van der Waals surface area contributed by atoms with Crippen LogP contribution in [-0.4, -0.2) is 40.8 Å². The second-order valence-corrected chi connectivity index (χ2v) is 10.1. The summed E-state index contributed by atoms with van der Waals surface area (Å²) in [6.07, 6.45) is -0.416. The van der Waals surface area contributed by atoms with Crippen molar-refractivity contribution in [2.75, 3.05) is 11.4 Å². The van der Waals surface area contributed by atoms with Crippen molar-refractivity contribution in [2.45, 2.75) is 44.5 Å². The third-order valence-corrected chi connectivity index (χ3v) is 7.02. The number of carboxylic acids is 1. The standard InChI is InChI=1S/C31H29F4N3O5/c32-27-24(31(33,34)35)7-4-8-25(27)37-30(43)38(23-15-13-21(14-16-23)20-5-2-1-3-6-20)18-19-9-11-22(12-10-19)28(40)36-17-26(39)29(41)42/h4-5,7-16,26,39H,1-3,6,17-18H2,(H,36,40)(H,37,43)(H,41,42)/p+1/t26-/m1/s1. The van der Waals surface area contributed by atoms with E-state index < -0.39 is 53.8 Å². The molecule has 43 heavy (non-hydrogen) atoms. The third-order valence-electron chi connectivity index (χ3n) is 7.02. The number of alkyl halides is 3. The number of benzene rings is 3. The summed E-state index contributed by atoms with van der Waals surface area (Å²) in [6, 6.07) is 15.1. The van der Waals surface area contributed by atoms with E-state index in [0.717, 1.165) is 48.7 Å². The smallest absolute Gasteiger partial charge is 0.425 e. The van der Waals surface area contributed by atoms with Gasteiger partial charge in [0.05, 0.1) is 18.7 Å². The lowest BCUT2D eigenvalue weighted by atomic mass is 9.93. The lowest BCUT2D eigenvalue weighted by Gasteiger charge is -2.22. The molecule has 8 nitrogen and oxygen atoms in total. The molecule has 0 fully saturated rings. The number of aliphatic hydroxyl groups excluding tert-OH is 1. The first-order valence-corrected chi connectivity index (χ1v) is 13.5. The van der Waals surface area contributed by atoms with Crippen molar-refractivity contribution in [3.63, 3.8) is 0 Å². The summed E-state index contributed by atoms with van der Waals surface area (Å²) in [5.41, 5.74) is 1.35. The monoisotopic (exact) mass is 600 g/mol. The Morgan fingerprint density at radius 2 is 1.67 bits per heavy atom. The van der Waals surface area contributed by atoms with Crippen molar-refractivity contribution in [1.82, 2.24) is 5.32 Å². The van der Waals surface area contributed by atoms with Gasteiger partial charge in [-0.05, 0) is 72.7 Å². The number of anilines is 1. The van der Waals surface area contributed by atoms with Crippen molar-refractivity contribution in [3.8, 4) is 0 Å². The minimum absolute atomic E-state index is 0.0580. The Bertz CT molecular complexity index is 1510. The molecule has 1 aliphatic carbocycles. The molecule has 0 radical (unpaired) electrons. The van der Waals surface area contributed by atoms with Crippen LogP contribution in [-0.2, 0) is 17.5 Å². The van der Waals surface area contributed by atoms with Crippen LogP contribution in [0.5, 0.6) is 0 Å². The van der Waals surface area contributed by atoms with Crippen LogP contribution in [0.15, 0.2) is 72.8 Å². The van der Waals surface area contributed by atoms with Gasteiger partial charge in [0, 0.05) is 17.3 Å². The quantitative estimate of drug-likeness (QED) is 0.203. The van der Waals surface area contributed by atoms with Gasteiger partial charge in [-0.1, -0.05) is 36.4 Å². The van der Waals surface area contributed by atoms with Crippen LogP contribution >= 0.6 is 0 Å². The van der Waals surface area contributed by atoms with Crippen LogP contribution < -0.4 is 15.5 Å². The minimum Gasteiger partial charge on any atom is -0.479 e. The minimum atomic E-state index is -4.93. The molecule has 1 atom stereocenters. The second kappa shape index (κ2) is 13.6. The van der Waals surface area contributed by atoms with E-state index in [2.05, 4.69) is 11.4 Å². The fraction of sp³-hybridized carbons (Fsp3) is 0.258. The zero-order chi connectivity index (χ0) is 31.1. The molecule has 4 rings (SSSR count). The molecule has 12 heteroatoms. The number of hydrogen-bond acceptors (Lipinski definition) is 4. The molecule has 0 spiro atoms. The molecule has 0 heterocycles. The molecule has 0 aromatic heterocycles. The SMILES string of the molecule is O=C(NC[C@@H](O)C(=O)O)c1ccc(CN(C(=O)[NH2+]c2cccc(C(F)(F)F)c2F)c2ccc(C3=CCCCC3)cc2)cc1. The molecule has 0 bridgehead atoms. The van der Waals surface area contributed by atoms with Gasteiger partial charge in [-0.25, -0.2) is 14.9 Å². The van der Waals surface area contributed by atoms with Crippen molar-refractivity contribution in [3.05, 3.63) is 101 Å². The van der Waals surface area contributed by atoms with E-state index in [4.69, 9.17) is 5.11 Å². The Kier molecular flexibility index (Phi) is 9.94. The van der Waals surface area contributed by atoms with Crippen molar-refractivity contribution in [1.29, 1.82) is 0 Å². The van der Waals surface area contributed by atoms with Gasteiger partial charge in [-0.3, -0.25) is 9.69 Å². The van der Waals surface area contributed by atoms with E-state index in [1.54, 1.807) is 24.3 Å². The predicted molar refractivity (Wildman–Crippen MR) is 150 cm³/mol. The molecule has 3 amide bonds. The van der Waals surface area contributed by atoms with Gasteiger partial charge in [-0.15, -0.1) is 0 Å². The van der Waals surface area contributed by atoms with Gasteiger partial charge in [-0.2, -0.15) is 17.6 Å². The molecular formula is C31H30F4N3O5+. The lowest BCUT2D eigenvalue weighted by molar-refractivity contribution is -0.464. The number of rotatable bonds is 9. The number of nitrogens with zero attached hydrogens (tertiary/aromatic N) is 1. The number of carbonyl (C=O) groups is 3. The summed E-state index contributed by atoms with van der Waals surface area (Å²) in [5, 5.41) is 21.2. The third kappa shape index (κ3) is 8.05. The van der Waals surface area contributed by atoms with Gasteiger partial charge >= 0.3 is 18.2 Å². The Morgan fingerprint density at radius 1 is 0.977 bits per heavy atom. The topological polar surface area (TPSA) is 124 Å². The number of allylic oxidation sites excluding steroid dienone is 2. The summed E-state index contributed by atoms with van der Waals surface area (Å²) < 4.78 is 54.5. The van der Waals surface area contributed by atoms with Gasteiger partial charge in [0.1, 0.15) is 0 Å². The fourth-order valence-corrected chi connectivity index (χ4v) is 4.67. The Hall–Kier alpha value is -4.55. The number of primary amides is 1. The number of aliphatic hydroxyl groups is 1. The second-order valence-electron chi connectivity index (χ2n) is 10.1. The van der Waals surface area contributed by atoms with Crippen LogP contribution in [0.3, 0.4) is 0 Å². The number of halogens is 4. The molecule has 0 aliphatic heterocycles. The van der Waals surface area contributed by atoms with E-state index in [0.29, 0.717) is 17.3 Å². The van der Waals surface area contributed by atoms with Gasteiger partial charge in [0.2, 0.25) is 0 Å². The number of quaternary nitrogens is 1. The number of urea groups is 1. The molecule has 0 saturated carbocycles. The fourth-order valence-electron chi connectivity index (χ4n) is 4.67. The first kappa shape index (κ1) is 31.4. The summed E-state index contributed by atoms with van der Waals surface area (Å²) in [5.74, 6) is -3.65. The number of nitrogens with two attached hydrogens (primary N) is 1. The highest BCUT2D eigenvalue weighted by Crippen LogP contribution is 2.33. The van der Waals surface area contributed by atoms with E-state index in [-0.39, 0.29) is 12.1 Å². The number of carboxylic acid groups (broad SMARTS) is 1. The van der Waals surface area contributed by atoms with Gasteiger partial charge in [0.15, 0.2) is 17.6 Å². The molecule has 0 unspecified atom stereocenters. The first-order valence-electron chi connectivity index (χ1n) is 13.5. The zero-order valence-electron chi connectivity index (χ0n) is 22.9. The highest BCUT2D eigenvalue weighted by atomic mass is 19.4. The van der Waals surface area contributed by atoms with E-state index in [1.165, 1.54) is 22.6 Å². The van der Waals surface area contributed by atoms with Crippen molar-refractivity contribution >= 4 is 34.9 Å². The number of carbonyl (C=O) groups excluding carboxylic acids is 2. The molecule has 3 aromatic rings. The summed E-state index contributed by atoms with van der Waals surface area (Å²) in [7, 11) is 0. The zero-order valence-corrected chi connectivity index (χ0v) is 22.9. The molecule has 0 saturated heterocycles. The lowest BCUT2D eigenvalue weighted by Crippen LogP contribution is -2.86. The van der Waals surface area contributed by atoms with Crippen molar-refractivity contribution in [2.24, 2.45) is 0 Å². The average molecular weight is 601 g/mol. The Balaban J connectivity index is 1.58. The van der Waals surface area contributed by atoms with Crippen LogP contribution in [0.4, 0.5) is 33.7 Å². The average Bonchev–Trinajstić information content (AvgIpc) is 2.99. The number of hydrogen-bond donors (Lipinski definition) is 4. The normalized spacial score (nSPS) is 14.0. The number of amides is 3. The summed E-state index contributed by atoms with van der Waals surface area (Å²) in [4.78, 5) is 37.8. The number of aliphatic carboxylic acids is 1. The van der Waals surface area contributed by atoms with Crippen LogP contribution in [0.2, 0.25) is 0 Å². The van der Waals surface area contributed by atoms with E-state index in [1.807, 2.05) is 12.1 Å². The first-order chi connectivity index (χ1) is 20.4. The highest BCUT2D eigenvalue weighted by molar-refractivity contribution is 5.94. The molecule has 1 aliphatic rings. The molecule has 5 N–H and O–H groups in total.